The van der Waals surface area contributed by atoms with Crippen LogP contribution in [0.2, 0.25) is 0 Å². The summed E-state index contributed by atoms with van der Waals surface area (Å²) in [5.74, 6) is -0.208. The third-order valence-corrected chi connectivity index (χ3v) is 5.43. The third kappa shape index (κ3) is 2.72. The summed E-state index contributed by atoms with van der Waals surface area (Å²) < 4.78 is 14.6. The highest BCUT2D eigenvalue weighted by Gasteiger charge is 2.15. The van der Waals surface area contributed by atoms with Gasteiger partial charge in [0, 0.05) is 4.88 Å². The molecular weight excluding hydrogens is 323 g/mol. The molecule has 1 aromatic heterocycles. The molecule has 0 saturated carbocycles. The van der Waals surface area contributed by atoms with Crippen LogP contribution in [0.3, 0.4) is 0 Å². The van der Waals surface area contributed by atoms with Gasteiger partial charge >= 0.3 is 0 Å². The van der Waals surface area contributed by atoms with Crippen molar-refractivity contribution in [3.8, 4) is 0 Å². The van der Waals surface area contributed by atoms with Gasteiger partial charge in [0.2, 0.25) is 0 Å². The number of alkyl halides is 1. The summed E-state index contributed by atoms with van der Waals surface area (Å²) in [7, 11) is 0. The van der Waals surface area contributed by atoms with Gasteiger partial charge in [0.25, 0.3) is 0 Å². The minimum Gasteiger partial charge on any atom is -0.207 e. The molecule has 1 unspecified atom stereocenters. The largest absolute Gasteiger partial charge is 0.207 e. The Morgan fingerprint density at radius 2 is 1.94 bits per heavy atom. The van der Waals surface area contributed by atoms with E-state index in [4.69, 9.17) is 11.6 Å². The van der Waals surface area contributed by atoms with E-state index in [2.05, 4.69) is 15.9 Å². The Kier molecular flexibility index (Phi) is 3.91. The predicted octanol–water partition coefficient (Wildman–Crippen LogP) is 5.59. The summed E-state index contributed by atoms with van der Waals surface area (Å²) >= 11 is 11.4. The summed E-state index contributed by atoms with van der Waals surface area (Å²) in [5.41, 5.74) is 2.59. The minimum absolute atomic E-state index is 0.208. The molecule has 0 amide bonds. The van der Waals surface area contributed by atoms with Crippen LogP contribution in [-0.4, -0.2) is 0 Å². The van der Waals surface area contributed by atoms with E-state index in [0.29, 0.717) is 5.56 Å². The Morgan fingerprint density at radius 1 is 1.24 bits per heavy atom. The Balaban J connectivity index is 2.36. The molecule has 2 aromatic rings. The molecule has 0 saturated heterocycles. The summed E-state index contributed by atoms with van der Waals surface area (Å²) in [6.45, 7) is 3.76. The fraction of sp³-hybridized carbons (Fsp3) is 0.231. The summed E-state index contributed by atoms with van der Waals surface area (Å²) in [4.78, 5) is 1.03. The zero-order valence-electron chi connectivity index (χ0n) is 9.43. The van der Waals surface area contributed by atoms with Gasteiger partial charge in [-0.05, 0) is 58.6 Å². The van der Waals surface area contributed by atoms with Crippen LogP contribution in [0.4, 0.5) is 4.39 Å². The van der Waals surface area contributed by atoms with E-state index >= 15 is 0 Å². The Labute approximate surface area is 118 Å². The summed E-state index contributed by atoms with van der Waals surface area (Å²) in [5, 5.41) is -0.292. The van der Waals surface area contributed by atoms with Crippen molar-refractivity contribution in [3.63, 3.8) is 0 Å². The smallest absolute Gasteiger partial charge is 0.126 e. The molecule has 4 heteroatoms. The lowest BCUT2D eigenvalue weighted by atomic mass is 10.1. The van der Waals surface area contributed by atoms with Crippen molar-refractivity contribution in [2.45, 2.75) is 19.2 Å². The second kappa shape index (κ2) is 5.09. The molecule has 0 aliphatic carbocycles. The third-order valence-electron chi connectivity index (χ3n) is 2.61. The molecule has 90 valence electrons. The molecular formula is C13H11BrClFS. The lowest BCUT2D eigenvalue weighted by Crippen LogP contribution is -1.92. The van der Waals surface area contributed by atoms with Crippen molar-refractivity contribution in [3.05, 3.63) is 55.4 Å². The Bertz CT molecular complexity index is 531. The SMILES string of the molecule is Cc1ccc(C(Cl)c2cc(C)c(Br)s2)cc1F. The van der Waals surface area contributed by atoms with Crippen LogP contribution in [-0.2, 0) is 0 Å². The molecule has 0 fully saturated rings. The second-order valence-electron chi connectivity index (χ2n) is 3.98. The van der Waals surface area contributed by atoms with Crippen LogP contribution in [0.15, 0.2) is 28.1 Å². The fourth-order valence-corrected chi connectivity index (χ4v) is 3.45. The molecule has 0 radical (unpaired) electrons. The van der Waals surface area contributed by atoms with Gasteiger partial charge in [0.1, 0.15) is 5.82 Å². The maximum absolute atomic E-state index is 13.5. The Morgan fingerprint density at radius 3 is 2.47 bits per heavy atom. The topological polar surface area (TPSA) is 0 Å². The van der Waals surface area contributed by atoms with Crippen LogP contribution < -0.4 is 0 Å². The summed E-state index contributed by atoms with van der Waals surface area (Å²) in [6, 6.07) is 7.18. The van der Waals surface area contributed by atoms with Gasteiger partial charge in [-0.25, -0.2) is 4.39 Å². The van der Waals surface area contributed by atoms with Crippen LogP contribution in [0, 0.1) is 19.7 Å². The van der Waals surface area contributed by atoms with Crippen molar-refractivity contribution in [2.75, 3.05) is 0 Å². The summed E-state index contributed by atoms with van der Waals surface area (Å²) in [6.07, 6.45) is 0. The van der Waals surface area contributed by atoms with E-state index in [1.807, 2.05) is 19.1 Å². The molecule has 1 aromatic carbocycles. The van der Waals surface area contributed by atoms with Gasteiger partial charge in [-0.1, -0.05) is 12.1 Å². The van der Waals surface area contributed by atoms with E-state index in [0.717, 1.165) is 19.8 Å². The maximum Gasteiger partial charge on any atom is 0.126 e. The molecule has 0 aliphatic heterocycles. The normalized spacial score (nSPS) is 12.8. The average Bonchev–Trinajstić information content (AvgIpc) is 2.62. The monoisotopic (exact) mass is 332 g/mol. The minimum atomic E-state index is -0.292. The van der Waals surface area contributed by atoms with E-state index in [1.165, 1.54) is 6.07 Å². The first-order valence-corrected chi connectivity index (χ1v) is 7.19. The standard InChI is InChI=1S/C13H11BrClFS/c1-7-3-4-9(6-10(7)16)12(15)11-5-8(2)13(14)17-11/h3-6,12H,1-2H3. The number of hydrogen-bond donors (Lipinski definition) is 0. The van der Waals surface area contributed by atoms with Gasteiger partial charge in [0.05, 0.1) is 9.16 Å². The van der Waals surface area contributed by atoms with Crippen molar-refractivity contribution in [1.82, 2.24) is 0 Å². The molecule has 1 atom stereocenters. The number of rotatable bonds is 2. The van der Waals surface area contributed by atoms with Gasteiger partial charge in [-0.3, -0.25) is 0 Å². The predicted molar refractivity (Wildman–Crippen MR) is 75.6 cm³/mol. The first-order valence-electron chi connectivity index (χ1n) is 5.15. The molecule has 0 nitrogen and oxygen atoms in total. The molecule has 0 N–H and O–H groups in total. The van der Waals surface area contributed by atoms with Gasteiger partial charge < -0.3 is 0 Å². The molecule has 2 rings (SSSR count). The molecule has 1 heterocycles. The zero-order valence-corrected chi connectivity index (χ0v) is 12.6. The molecule has 0 aliphatic rings. The molecule has 0 bridgehead atoms. The lowest BCUT2D eigenvalue weighted by Gasteiger charge is -2.08. The quantitative estimate of drug-likeness (QED) is 0.628. The first-order chi connectivity index (χ1) is 7.99. The number of thiophene rings is 1. The lowest BCUT2D eigenvalue weighted by molar-refractivity contribution is 0.616. The zero-order chi connectivity index (χ0) is 12.6. The molecule has 0 spiro atoms. The van der Waals surface area contributed by atoms with Gasteiger partial charge in [0.15, 0.2) is 0 Å². The van der Waals surface area contributed by atoms with Crippen molar-refractivity contribution in [1.29, 1.82) is 0 Å². The highest BCUT2D eigenvalue weighted by atomic mass is 79.9. The maximum atomic E-state index is 13.5. The number of halogens is 3. The van der Waals surface area contributed by atoms with E-state index in [9.17, 15) is 4.39 Å². The van der Waals surface area contributed by atoms with E-state index in [-0.39, 0.29) is 11.2 Å². The van der Waals surface area contributed by atoms with E-state index < -0.39 is 0 Å². The second-order valence-corrected chi connectivity index (χ2v) is 6.81. The number of aryl methyl sites for hydroxylation is 2. The highest BCUT2D eigenvalue weighted by molar-refractivity contribution is 9.11. The highest BCUT2D eigenvalue weighted by Crippen LogP contribution is 2.38. The number of benzene rings is 1. The fourth-order valence-electron chi connectivity index (χ4n) is 1.54. The first kappa shape index (κ1) is 13.1. The van der Waals surface area contributed by atoms with Crippen LogP contribution in [0.5, 0.6) is 0 Å². The van der Waals surface area contributed by atoms with Gasteiger partial charge in [-0.15, -0.1) is 22.9 Å². The van der Waals surface area contributed by atoms with Crippen molar-refractivity contribution in [2.24, 2.45) is 0 Å². The number of hydrogen-bond acceptors (Lipinski definition) is 1. The van der Waals surface area contributed by atoms with Crippen molar-refractivity contribution >= 4 is 38.9 Å². The Hall–Kier alpha value is -0.380. The van der Waals surface area contributed by atoms with Crippen molar-refractivity contribution < 1.29 is 4.39 Å². The van der Waals surface area contributed by atoms with Crippen LogP contribution in [0.1, 0.15) is 26.9 Å². The average molecular weight is 334 g/mol. The van der Waals surface area contributed by atoms with Crippen LogP contribution in [0.25, 0.3) is 0 Å². The molecule has 17 heavy (non-hydrogen) atoms. The van der Waals surface area contributed by atoms with Crippen LogP contribution >= 0.6 is 38.9 Å². The van der Waals surface area contributed by atoms with E-state index in [1.54, 1.807) is 24.3 Å². The van der Waals surface area contributed by atoms with Gasteiger partial charge in [-0.2, -0.15) is 0 Å².